The highest BCUT2D eigenvalue weighted by atomic mass is 127. The van der Waals surface area contributed by atoms with Gasteiger partial charge in [0.15, 0.2) is 44.5 Å². The molecule has 13 nitrogen and oxygen atoms in total. The van der Waals surface area contributed by atoms with E-state index in [1.807, 2.05) is 19.9 Å². The van der Waals surface area contributed by atoms with Gasteiger partial charge in [-0.3, -0.25) is 4.79 Å². The third-order valence-electron chi connectivity index (χ3n) is 13.9. The van der Waals surface area contributed by atoms with E-state index < -0.39 is 83.7 Å². The third-order valence-corrected chi connectivity index (χ3v) is 29.3. The lowest BCUT2D eigenvalue weighted by Crippen LogP contribution is -2.56. The first-order chi connectivity index (χ1) is 31.5. The normalized spacial score (nSPS) is 21.5. The van der Waals surface area contributed by atoms with Crippen molar-refractivity contribution >= 4 is 71.0 Å². The van der Waals surface area contributed by atoms with Gasteiger partial charge >= 0.3 is 12.1 Å². The quantitative estimate of drug-likeness (QED) is 0.0278. The molecule has 1 aliphatic heterocycles. The molecule has 1 aliphatic carbocycles. The maximum Gasteiger partial charge on any atom is 0.408 e. The van der Waals surface area contributed by atoms with Gasteiger partial charge in [-0.2, -0.15) is 0 Å². The van der Waals surface area contributed by atoms with E-state index in [1.165, 1.54) is 7.11 Å². The number of nitrogens with zero attached hydrogens (tertiary/aromatic N) is 1. The van der Waals surface area contributed by atoms with Crippen LogP contribution in [0.15, 0.2) is 21.8 Å². The first kappa shape index (κ1) is 60.3. The summed E-state index contributed by atoms with van der Waals surface area (Å²) in [5.41, 5.74) is 0.868. The largest absolute Gasteiger partial charge is 0.480 e. The minimum absolute atomic E-state index is 0.00743. The van der Waals surface area contributed by atoms with Gasteiger partial charge in [-0.05, 0) is 130 Å². The summed E-state index contributed by atoms with van der Waals surface area (Å²) in [5, 5.41) is 2.71. The highest BCUT2D eigenvalue weighted by molar-refractivity contribution is 14.1. The van der Waals surface area contributed by atoms with Crippen molar-refractivity contribution < 1.29 is 51.6 Å². The van der Waals surface area contributed by atoms with Crippen LogP contribution in [0.5, 0.6) is 5.75 Å². The van der Waals surface area contributed by atoms with Crippen LogP contribution in [0.1, 0.15) is 122 Å². The highest BCUT2D eigenvalue weighted by Crippen LogP contribution is 2.51. The van der Waals surface area contributed by atoms with Crippen molar-refractivity contribution in [2.75, 3.05) is 27.1 Å². The summed E-state index contributed by atoms with van der Waals surface area (Å²) in [7, 11) is -5.12. The number of hydrogen-bond donors (Lipinski definition) is 1. The van der Waals surface area contributed by atoms with Crippen molar-refractivity contribution in [1.29, 1.82) is 0 Å². The molecule has 1 aromatic rings. The second-order valence-corrected chi connectivity index (χ2v) is 36.8. The predicted octanol–water partition coefficient (Wildman–Crippen LogP) is 12.1. The predicted molar refractivity (Wildman–Crippen MR) is 286 cm³/mol. The molecule has 1 saturated heterocycles. The molecule has 3 rings (SSSR count). The van der Waals surface area contributed by atoms with Crippen LogP contribution >= 0.6 is 34.2 Å². The van der Waals surface area contributed by atoms with Crippen molar-refractivity contribution in [2.45, 2.75) is 211 Å². The molecular weight excluding hydrogens is 1050 g/mol. The van der Waals surface area contributed by atoms with E-state index in [0.717, 1.165) is 39.8 Å². The molecule has 2 heterocycles. The molecule has 1 spiro atoms. The lowest BCUT2D eigenvalue weighted by molar-refractivity contribution is -0.172. The summed E-state index contributed by atoms with van der Waals surface area (Å²) in [5.74, 6) is 5.19. The van der Waals surface area contributed by atoms with E-state index >= 15 is 0 Å². The maximum absolute atomic E-state index is 14.1. The Labute approximate surface area is 430 Å². The van der Waals surface area contributed by atoms with Gasteiger partial charge in [0.25, 0.3) is 0 Å². The number of carbonyl (C=O) groups is 2. The minimum atomic E-state index is -2.40. The third kappa shape index (κ3) is 15.3. The zero-order chi connectivity index (χ0) is 51.6. The number of rotatable bonds is 23. The summed E-state index contributed by atoms with van der Waals surface area (Å²) >= 11 is 9.23. The Hall–Kier alpha value is -2.02. The summed E-state index contributed by atoms with van der Waals surface area (Å²) in [4.78, 5) is 32.1. The summed E-state index contributed by atoms with van der Waals surface area (Å²) < 4.78 is 57.9. The lowest BCUT2D eigenvalue weighted by atomic mass is 9.94. The second-order valence-electron chi connectivity index (χ2n) is 20.9. The Kier molecular flexibility index (Phi) is 21.8. The van der Waals surface area contributed by atoms with Crippen molar-refractivity contribution in [3.05, 3.63) is 32.6 Å². The number of hydrogen-bond acceptors (Lipinski definition) is 12. The topological polar surface area (TPSA) is 142 Å². The number of nitrogens with one attached hydrogen (secondary N) is 1. The van der Waals surface area contributed by atoms with E-state index in [1.54, 1.807) is 32.9 Å². The number of pyridine rings is 1. The van der Waals surface area contributed by atoms with Gasteiger partial charge in [0.05, 0.1) is 31.2 Å². The van der Waals surface area contributed by atoms with Crippen LogP contribution in [0.2, 0.25) is 59.5 Å². The van der Waals surface area contributed by atoms with Crippen LogP contribution < -0.4 is 10.1 Å². The Morgan fingerprint density at radius 3 is 2.12 bits per heavy atom. The van der Waals surface area contributed by atoms with Gasteiger partial charge in [-0.15, -0.1) is 17.9 Å². The fourth-order valence-corrected chi connectivity index (χ4v) is 16.0. The molecule has 6 atom stereocenters. The second kappa shape index (κ2) is 24.6. The van der Waals surface area contributed by atoms with Gasteiger partial charge in [-0.25, -0.2) is 9.78 Å². The first-order valence-electron chi connectivity index (χ1n) is 24.2. The molecule has 384 valence electrons. The molecule has 0 bridgehead atoms. The molecule has 0 radical (unpaired) electrons. The smallest absolute Gasteiger partial charge is 0.408 e. The van der Waals surface area contributed by atoms with Crippen LogP contribution in [0.4, 0.5) is 4.79 Å². The zero-order valence-electron chi connectivity index (χ0n) is 44.1. The van der Waals surface area contributed by atoms with Gasteiger partial charge < -0.3 is 47.3 Å². The van der Waals surface area contributed by atoms with Crippen molar-refractivity contribution in [2.24, 2.45) is 0 Å². The van der Waals surface area contributed by atoms with E-state index in [-0.39, 0.29) is 54.5 Å². The summed E-state index contributed by atoms with van der Waals surface area (Å²) in [6.07, 6.45) is 5.42. The van der Waals surface area contributed by atoms with Crippen molar-refractivity contribution in [1.82, 2.24) is 10.3 Å². The number of halogens is 2. The number of carbonyl (C=O) groups excluding carboxylic acids is 2. The summed E-state index contributed by atoms with van der Waals surface area (Å²) in [6.45, 7) is 32.8. The Balaban J connectivity index is 2.02. The van der Waals surface area contributed by atoms with Gasteiger partial charge in [0.2, 0.25) is 0 Å². The van der Waals surface area contributed by atoms with E-state index in [2.05, 4.69) is 126 Å². The van der Waals surface area contributed by atoms with E-state index in [4.69, 9.17) is 60.0 Å². The highest BCUT2D eigenvalue weighted by Gasteiger charge is 2.61. The number of aromatic nitrogens is 1. The fourth-order valence-electron chi connectivity index (χ4n) is 8.09. The molecule has 1 amide bonds. The molecule has 0 saturated carbocycles. The van der Waals surface area contributed by atoms with Crippen LogP contribution in [0.25, 0.3) is 0 Å². The van der Waals surface area contributed by atoms with Gasteiger partial charge in [0.1, 0.15) is 45.4 Å². The van der Waals surface area contributed by atoms with Crippen LogP contribution in [-0.4, -0.2) is 110 Å². The SMILES string of the molecule is C#C[C@](CC#C[Si](CC)(CC)CC)(O[Si](CC)(CC)CC)[C@@H](COC(=O)C[C@@H](NC(=O)OC(C)(C)C)c1ccc(O[C@H]2C=C(I)[C@@]3(COC(C)(C)O3)[C@@H]2O[Si](C)(C)C(C)(C)C)c(Cl)n1)OCOC. The molecular formula is C50H82ClIN2O11Si3. The molecule has 1 N–H and O–H groups in total. The minimum Gasteiger partial charge on any atom is -0.480 e. The zero-order valence-corrected chi connectivity index (χ0v) is 50.0. The van der Waals surface area contributed by atoms with Gasteiger partial charge in [0, 0.05) is 10.7 Å². The summed E-state index contributed by atoms with van der Waals surface area (Å²) in [6, 6.07) is 7.84. The molecule has 2 aliphatic rings. The average molecular weight is 1130 g/mol. The van der Waals surface area contributed by atoms with E-state index in [0.29, 0.717) is 0 Å². The molecule has 18 heteroatoms. The number of alkyl carbamates (subject to hydrolysis) is 1. The molecule has 68 heavy (non-hydrogen) atoms. The number of methoxy groups -OCH3 is 1. The number of ether oxygens (including phenoxy) is 7. The van der Waals surface area contributed by atoms with Crippen molar-refractivity contribution in [3.8, 4) is 29.6 Å². The van der Waals surface area contributed by atoms with Crippen LogP contribution in [0.3, 0.4) is 0 Å². The standard InChI is InChI=1S/C50H82ClIN2O11Si3/c1-19-49(65-68(23-5,24-6)25-7,29-26-30-67(20-2,21-3)22-4)41(59-35-57-16)33-58-42(55)31-37(54-45(56)62-46(8,9)10)36-27-28-38(44(51)53-36)61-39-32-40(52)50(34-60-48(14,15)64-50)43(39)63-66(17,18)47(11,12)13/h1,27-28,32,37,39,41,43H,20-25,29,31,33-35H2,2-18H3,(H,54,56)/t37-,39+,41-,43-,49-,50+/m1/s1. The van der Waals surface area contributed by atoms with Crippen molar-refractivity contribution in [3.63, 3.8) is 0 Å². The Bertz CT molecular complexity index is 1980. The lowest BCUT2D eigenvalue weighted by Gasteiger charge is -2.44. The van der Waals surface area contributed by atoms with Gasteiger partial charge in [-0.1, -0.05) is 79.8 Å². The Morgan fingerprint density at radius 2 is 1.63 bits per heavy atom. The fraction of sp³-hybridized carbons (Fsp3) is 0.740. The number of esters is 1. The molecule has 0 unspecified atom stereocenters. The maximum atomic E-state index is 14.1. The molecule has 1 aromatic heterocycles. The van der Waals surface area contributed by atoms with Crippen LogP contribution in [-0.2, 0) is 42.1 Å². The number of terminal acetylenes is 1. The molecule has 0 aromatic carbocycles. The Morgan fingerprint density at radius 1 is 1.01 bits per heavy atom. The monoisotopic (exact) mass is 1130 g/mol. The molecule has 1 fully saturated rings. The first-order valence-corrected chi connectivity index (χ1v) is 33.7. The van der Waals surface area contributed by atoms with E-state index in [9.17, 15) is 9.59 Å². The number of amides is 1. The van der Waals surface area contributed by atoms with Crippen LogP contribution in [0, 0.1) is 23.8 Å². The average Bonchev–Trinajstić information content (AvgIpc) is 3.72.